The van der Waals surface area contributed by atoms with Gasteiger partial charge in [-0.05, 0) is 74.1 Å². The van der Waals surface area contributed by atoms with Crippen molar-refractivity contribution in [1.82, 2.24) is 4.31 Å². The summed E-state index contributed by atoms with van der Waals surface area (Å²) < 4.78 is 96.9. The van der Waals surface area contributed by atoms with E-state index < -0.39 is 35.7 Å². The highest BCUT2D eigenvalue weighted by atomic mass is 32.2. The number of aliphatic hydroxyl groups excluding tert-OH is 1. The van der Waals surface area contributed by atoms with E-state index >= 15 is 0 Å². The van der Waals surface area contributed by atoms with Gasteiger partial charge in [0.25, 0.3) is 25.2 Å². The Balaban J connectivity index is 1.43. The molecule has 2 aliphatic rings. The zero-order valence-electron chi connectivity index (χ0n) is 30.7. The maximum Gasteiger partial charge on any atom is 0.294 e. The second-order valence-electron chi connectivity index (χ2n) is 14.3. The summed E-state index contributed by atoms with van der Waals surface area (Å²) in [6.45, 7) is 9.69. The lowest BCUT2D eigenvalue weighted by atomic mass is 9.83. The molecule has 294 valence electrons. The molecule has 0 spiro atoms. The lowest BCUT2D eigenvalue weighted by Gasteiger charge is -2.27. The van der Waals surface area contributed by atoms with E-state index in [0.717, 1.165) is 70.7 Å². The molecule has 3 N–H and O–H groups in total. The molecule has 0 radical (unpaired) electrons. The minimum Gasteiger partial charge on any atom is -0.513 e. The van der Waals surface area contributed by atoms with Crippen molar-refractivity contribution in [3.63, 3.8) is 0 Å². The van der Waals surface area contributed by atoms with Crippen molar-refractivity contribution in [2.75, 3.05) is 30.3 Å². The Morgan fingerprint density at radius 1 is 0.889 bits per heavy atom. The monoisotopic (exact) mass is 820 g/mol. The van der Waals surface area contributed by atoms with Crippen molar-refractivity contribution in [3.8, 4) is 0 Å². The Morgan fingerprint density at radius 2 is 1.61 bits per heavy atom. The molecule has 3 aromatic rings. The number of sulfonamides is 1. The molecule has 0 amide bonds. The number of rotatable bonds is 17. The zero-order chi connectivity index (χ0) is 39.3. The number of aryl methyl sites for hydroxylation is 1. The number of nitrogens with zero attached hydrogens (tertiary/aromatic N) is 3. The molecule has 3 heterocycles. The third kappa shape index (κ3) is 10.1. The van der Waals surface area contributed by atoms with E-state index in [0.29, 0.717) is 39.0 Å². The standard InChI is InChI=1S/C38H49N3O9S4/c1-29(42)15-7-5-12-24-40-33-20-19-31(54(48,49)50)27-32(33)38(2,3)36(40)16-8-4-9-17-37-41(25-13-14-26-52(43,44)45)34-21-18-30(28-35(34)51-37)53(46,47)39-22-10-6-11-23-39/h4,8-9,16-21,27-28H,1,5-7,10-15,22-26H2,2-3H3,(H2-,42,43,44,45,48,49,50)/p+1. The molecule has 1 saturated heterocycles. The Labute approximate surface area is 323 Å². The smallest absolute Gasteiger partial charge is 0.294 e. The molecule has 1 aromatic heterocycles. The molecule has 5 rings (SSSR count). The van der Waals surface area contributed by atoms with Crippen molar-refractivity contribution < 1.29 is 44.0 Å². The van der Waals surface area contributed by atoms with Crippen molar-refractivity contribution in [2.45, 2.75) is 93.4 Å². The quantitative estimate of drug-likeness (QED) is 0.0417. The maximum absolute atomic E-state index is 13.5. The van der Waals surface area contributed by atoms with Crippen molar-refractivity contribution in [2.24, 2.45) is 0 Å². The van der Waals surface area contributed by atoms with Gasteiger partial charge < -0.3 is 10.0 Å². The van der Waals surface area contributed by atoms with Crippen molar-refractivity contribution in [1.29, 1.82) is 0 Å². The molecule has 0 unspecified atom stereocenters. The maximum atomic E-state index is 13.5. The third-order valence-electron chi connectivity index (χ3n) is 9.91. The average Bonchev–Trinajstić information content (AvgIpc) is 3.55. The lowest BCUT2D eigenvalue weighted by molar-refractivity contribution is -0.669. The zero-order valence-corrected chi connectivity index (χ0v) is 34.0. The highest BCUT2D eigenvalue weighted by Crippen LogP contribution is 2.48. The molecule has 0 atom stereocenters. The molecular weight excluding hydrogens is 771 g/mol. The van der Waals surface area contributed by atoms with Crippen LogP contribution in [-0.2, 0) is 42.2 Å². The van der Waals surface area contributed by atoms with Crippen LogP contribution < -0.4 is 9.47 Å². The average molecular weight is 821 g/mol. The molecule has 54 heavy (non-hydrogen) atoms. The van der Waals surface area contributed by atoms with E-state index in [9.17, 15) is 39.5 Å². The first-order valence-corrected chi connectivity index (χ1v) is 23.4. The third-order valence-corrected chi connectivity index (χ3v) is 14.6. The van der Waals surface area contributed by atoms with E-state index in [1.165, 1.54) is 23.5 Å². The highest BCUT2D eigenvalue weighted by molar-refractivity contribution is 7.89. The van der Waals surface area contributed by atoms with Crippen LogP contribution in [-0.4, -0.2) is 69.2 Å². The number of aromatic nitrogens is 1. The van der Waals surface area contributed by atoms with Gasteiger partial charge in [-0.15, -0.1) is 0 Å². The first-order chi connectivity index (χ1) is 25.4. The van der Waals surface area contributed by atoms with Crippen LogP contribution >= 0.6 is 11.3 Å². The number of allylic oxidation sites excluding steroid dienone is 6. The number of hydrogen-bond acceptors (Lipinski definition) is 9. The summed E-state index contributed by atoms with van der Waals surface area (Å²) in [7, 11) is -12.1. The van der Waals surface area contributed by atoms with Crippen LogP contribution in [0, 0.1) is 0 Å². The first-order valence-electron chi connectivity index (χ1n) is 18.1. The number of thiazole rings is 1. The molecule has 0 aliphatic carbocycles. The van der Waals surface area contributed by atoms with Gasteiger partial charge in [-0.2, -0.15) is 25.7 Å². The summed E-state index contributed by atoms with van der Waals surface area (Å²) >= 11 is 1.43. The summed E-state index contributed by atoms with van der Waals surface area (Å²) in [5.74, 6) is -0.188. The molecule has 12 nitrogen and oxygen atoms in total. The van der Waals surface area contributed by atoms with Crippen LogP contribution in [0.25, 0.3) is 16.3 Å². The molecular formula is C38H50N3O9S4+. The summed E-state index contributed by atoms with van der Waals surface area (Å²) in [6, 6.07) is 9.78. The minimum atomic E-state index is -4.40. The first kappa shape index (κ1) is 41.8. The largest absolute Gasteiger partial charge is 0.513 e. The number of unbranched alkanes of at least 4 members (excludes halogenated alkanes) is 3. The second kappa shape index (κ2) is 17.2. The summed E-state index contributed by atoms with van der Waals surface area (Å²) in [5.41, 5.74) is 2.81. The molecule has 2 aromatic carbocycles. The van der Waals surface area contributed by atoms with Crippen LogP contribution in [0.4, 0.5) is 5.69 Å². The van der Waals surface area contributed by atoms with Crippen LogP contribution in [0.3, 0.4) is 0 Å². The summed E-state index contributed by atoms with van der Waals surface area (Å²) in [5, 5.41) is 10.3. The van der Waals surface area contributed by atoms with E-state index in [-0.39, 0.29) is 27.7 Å². The van der Waals surface area contributed by atoms with Crippen LogP contribution in [0.5, 0.6) is 0 Å². The number of anilines is 1. The number of aliphatic hydroxyl groups is 1. The van der Waals surface area contributed by atoms with Crippen molar-refractivity contribution >= 4 is 63.6 Å². The Hall–Kier alpha value is -3.38. The van der Waals surface area contributed by atoms with Crippen LogP contribution in [0.2, 0.25) is 0 Å². The Morgan fingerprint density at radius 3 is 2.30 bits per heavy atom. The van der Waals surface area contributed by atoms with Gasteiger partial charge in [0, 0.05) is 61.4 Å². The number of piperidine rings is 1. The fraction of sp³-hybridized carbons (Fsp3) is 0.447. The van der Waals surface area contributed by atoms with Gasteiger partial charge in [-0.3, -0.25) is 9.11 Å². The highest BCUT2D eigenvalue weighted by Gasteiger charge is 2.40. The van der Waals surface area contributed by atoms with Gasteiger partial charge in [-0.25, -0.2) is 8.42 Å². The van der Waals surface area contributed by atoms with Gasteiger partial charge in [0.05, 0.1) is 21.3 Å². The van der Waals surface area contributed by atoms with Gasteiger partial charge in [-0.1, -0.05) is 62.8 Å². The Kier molecular flexibility index (Phi) is 13.3. The van der Waals surface area contributed by atoms with Gasteiger partial charge in [0.2, 0.25) is 15.5 Å². The number of fused-ring (bicyclic) bond motifs is 2. The van der Waals surface area contributed by atoms with E-state index in [1.807, 2.05) is 48.8 Å². The Bertz CT molecular complexity index is 2290. The topological polar surface area (TPSA) is 173 Å². The summed E-state index contributed by atoms with van der Waals surface area (Å²) in [6.07, 6.45) is 16.0. The summed E-state index contributed by atoms with van der Waals surface area (Å²) in [4.78, 5) is 2.24. The van der Waals surface area contributed by atoms with E-state index in [4.69, 9.17) is 0 Å². The van der Waals surface area contributed by atoms with Crippen LogP contribution in [0.15, 0.2) is 88.5 Å². The number of hydrogen-bond donors (Lipinski definition) is 3. The van der Waals surface area contributed by atoms with Gasteiger partial charge >= 0.3 is 0 Å². The van der Waals surface area contributed by atoms with Gasteiger partial charge in [0.15, 0.2) is 6.54 Å². The fourth-order valence-corrected chi connectivity index (χ4v) is 10.9. The fourth-order valence-electron chi connectivity index (χ4n) is 7.09. The SMILES string of the molecule is C=C(O)CCCCCN1/C(=C/C=C/C=C/c2sc3cc(S(=O)(=O)N4CCCCC4)ccc3[n+]2CCCCS(=O)(=O)O)C(C)(C)c2cc(S(=O)(=O)O)ccc21. The minimum absolute atomic E-state index is 0.156. The number of benzene rings is 2. The lowest BCUT2D eigenvalue weighted by Crippen LogP contribution is -2.36. The molecule has 1 fully saturated rings. The van der Waals surface area contributed by atoms with E-state index in [2.05, 4.69) is 11.5 Å². The van der Waals surface area contributed by atoms with Crippen molar-refractivity contribution in [3.05, 3.63) is 89.3 Å². The molecule has 2 aliphatic heterocycles. The predicted molar refractivity (Wildman–Crippen MR) is 213 cm³/mol. The molecule has 16 heteroatoms. The molecule has 0 saturated carbocycles. The van der Waals surface area contributed by atoms with Crippen LogP contribution in [0.1, 0.15) is 82.2 Å². The van der Waals surface area contributed by atoms with E-state index in [1.54, 1.807) is 28.6 Å². The van der Waals surface area contributed by atoms with Gasteiger partial charge in [0.1, 0.15) is 4.70 Å². The molecule has 0 bridgehead atoms. The predicted octanol–water partition coefficient (Wildman–Crippen LogP) is 7.16. The normalized spacial score (nSPS) is 17.7. The second-order valence-corrected chi connectivity index (χ2v) is 20.3.